The molecule has 5 heterocycles. The van der Waals surface area contributed by atoms with Crippen molar-refractivity contribution in [3.63, 3.8) is 0 Å². The average molecular weight is 497 g/mol. The van der Waals surface area contributed by atoms with Crippen molar-refractivity contribution in [2.45, 2.75) is 27.2 Å². The Balaban J connectivity index is 0.00000112. The Kier molecular flexibility index (Phi) is 6.38. The Morgan fingerprint density at radius 3 is 2.87 bits per heavy atom. The molecule has 0 aliphatic carbocycles. The molecule has 0 unspecified atom stereocenters. The fourth-order valence-corrected chi connectivity index (χ4v) is 4.15. The summed E-state index contributed by atoms with van der Waals surface area (Å²) in [6.45, 7) is 5.96. The van der Waals surface area contributed by atoms with Crippen LogP contribution in [0.1, 0.15) is 30.9 Å². The zero-order valence-corrected chi connectivity index (χ0v) is 19.7. The Morgan fingerprint density at radius 2 is 2.10 bits per heavy atom. The second kappa shape index (κ2) is 9.36. The van der Waals surface area contributed by atoms with E-state index in [9.17, 15) is 0 Å². The molecule has 2 N–H and O–H groups in total. The number of hydrogen-bond donors (Lipinski definition) is 2. The second-order valence-corrected chi connectivity index (χ2v) is 8.13. The van der Waals surface area contributed by atoms with Crippen molar-refractivity contribution in [3.8, 4) is 11.3 Å². The smallest absolute Gasteiger partial charge is 0.180 e. The molecule has 0 amide bonds. The molecule has 10 heteroatoms. The van der Waals surface area contributed by atoms with Gasteiger partial charge in [0.2, 0.25) is 0 Å². The van der Waals surface area contributed by atoms with E-state index >= 15 is 0 Å². The highest BCUT2D eigenvalue weighted by Crippen LogP contribution is 2.28. The Morgan fingerprint density at radius 1 is 1.23 bits per heavy atom. The number of imidazole rings is 1. The lowest BCUT2D eigenvalue weighted by Gasteiger charge is -2.07. The van der Waals surface area contributed by atoms with E-state index in [1.807, 2.05) is 62.0 Å². The van der Waals surface area contributed by atoms with E-state index in [-0.39, 0.29) is 0 Å². The van der Waals surface area contributed by atoms with Crippen molar-refractivity contribution in [1.82, 2.24) is 33.9 Å². The molecule has 31 heavy (non-hydrogen) atoms. The summed E-state index contributed by atoms with van der Waals surface area (Å²) in [5.41, 5.74) is 5.45. The summed E-state index contributed by atoms with van der Waals surface area (Å²) in [5, 5.41) is 11.1. The molecular formula is C21H21BrN8S. The minimum Gasteiger partial charge on any atom is -0.328 e. The number of aromatic nitrogens is 7. The van der Waals surface area contributed by atoms with Crippen LogP contribution in [0.2, 0.25) is 0 Å². The van der Waals surface area contributed by atoms with E-state index < -0.39 is 0 Å². The highest BCUT2D eigenvalue weighted by atomic mass is 79.9. The quantitative estimate of drug-likeness (QED) is 0.338. The molecule has 5 aromatic rings. The van der Waals surface area contributed by atoms with Gasteiger partial charge in [0.15, 0.2) is 11.5 Å². The van der Waals surface area contributed by atoms with Gasteiger partial charge in [-0.2, -0.15) is 9.47 Å². The van der Waals surface area contributed by atoms with Crippen LogP contribution in [0.3, 0.4) is 0 Å². The summed E-state index contributed by atoms with van der Waals surface area (Å²) in [6, 6.07) is 5.90. The molecule has 158 valence electrons. The highest BCUT2D eigenvalue weighted by molar-refractivity contribution is 9.10. The molecule has 5 rings (SSSR count). The van der Waals surface area contributed by atoms with E-state index in [0.29, 0.717) is 12.2 Å². The number of nitrogens with zero attached hydrogens (tertiary/aromatic N) is 6. The van der Waals surface area contributed by atoms with Crippen LogP contribution >= 0.6 is 27.5 Å². The number of anilines is 2. The van der Waals surface area contributed by atoms with Crippen LogP contribution in [0, 0.1) is 6.92 Å². The molecule has 5 aromatic heterocycles. The molecule has 0 bridgehead atoms. The first-order valence-electron chi connectivity index (χ1n) is 9.83. The molecule has 0 saturated carbocycles. The van der Waals surface area contributed by atoms with Gasteiger partial charge in [-0.1, -0.05) is 13.8 Å². The van der Waals surface area contributed by atoms with E-state index in [0.717, 1.165) is 43.5 Å². The highest BCUT2D eigenvalue weighted by Gasteiger charge is 2.14. The van der Waals surface area contributed by atoms with E-state index in [1.54, 1.807) is 12.4 Å². The van der Waals surface area contributed by atoms with Gasteiger partial charge in [0.05, 0.1) is 35.2 Å². The number of fused-ring (bicyclic) bond motifs is 1. The molecule has 0 aliphatic rings. The average Bonchev–Trinajstić information content (AvgIpc) is 3.52. The van der Waals surface area contributed by atoms with Gasteiger partial charge in [0.1, 0.15) is 5.00 Å². The molecule has 0 saturated heterocycles. The fraction of sp³-hybridized carbons (Fsp3) is 0.190. The van der Waals surface area contributed by atoms with Crippen LogP contribution in [0.25, 0.3) is 16.9 Å². The monoisotopic (exact) mass is 496 g/mol. The third-order valence-electron chi connectivity index (χ3n) is 4.39. The SMILES string of the molecule is CC.Cc1cn2c(-c3cn[nH]c3)cnc2c(Nc2cc(Cc3ncccc3Br)ns2)n1. The van der Waals surface area contributed by atoms with Crippen molar-refractivity contribution in [1.29, 1.82) is 0 Å². The van der Waals surface area contributed by atoms with Gasteiger partial charge in [-0.3, -0.25) is 14.5 Å². The first kappa shape index (κ1) is 21.1. The predicted octanol–water partition coefficient (Wildman–Crippen LogP) is 5.40. The minimum atomic E-state index is 0.657. The number of halogens is 1. The summed E-state index contributed by atoms with van der Waals surface area (Å²) in [4.78, 5) is 13.6. The van der Waals surface area contributed by atoms with Crippen LogP contribution < -0.4 is 5.32 Å². The van der Waals surface area contributed by atoms with Crippen molar-refractivity contribution in [2.75, 3.05) is 5.32 Å². The minimum absolute atomic E-state index is 0.657. The maximum absolute atomic E-state index is 4.64. The third kappa shape index (κ3) is 4.49. The van der Waals surface area contributed by atoms with Gasteiger partial charge in [0.25, 0.3) is 0 Å². The molecule has 0 atom stereocenters. The number of rotatable bonds is 5. The van der Waals surface area contributed by atoms with Crippen LogP contribution in [-0.2, 0) is 6.42 Å². The van der Waals surface area contributed by atoms with Crippen molar-refractivity contribution < 1.29 is 0 Å². The lowest BCUT2D eigenvalue weighted by atomic mass is 10.2. The normalized spacial score (nSPS) is 10.7. The van der Waals surface area contributed by atoms with E-state index in [2.05, 4.69) is 50.8 Å². The van der Waals surface area contributed by atoms with Crippen molar-refractivity contribution >= 4 is 43.9 Å². The number of aromatic amines is 1. The van der Waals surface area contributed by atoms with Gasteiger partial charge >= 0.3 is 0 Å². The van der Waals surface area contributed by atoms with Gasteiger partial charge in [-0.05, 0) is 52.6 Å². The van der Waals surface area contributed by atoms with Gasteiger partial charge < -0.3 is 5.32 Å². The number of H-pyrrole nitrogens is 1. The van der Waals surface area contributed by atoms with Crippen LogP contribution in [0.4, 0.5) is 10.8 Å². The Labute approximate surface area is 192 Å². The zero-order valence-electron chi connectivity index (χ0n) is 17.3. The molecule has 0 aromatic carbocycles. The fourth-order valence-electron chi connectivity index (χ4n) is 3.09. The van der Waals surface area contributed by atoms with Gasteiger partial charge in [-0.15, -0.1) is 0 Å². The van der Waals surface area contributed by atoms with Crippen LogP contribution in [0.5, 0.6) is 0 Å². The number of pyridine rings is 1. The van der Waals surface area contributed by atoms with Crippen LogP contribution in [0.15, 0.2) is 53.7 Å². The Hall–Kier alpha value is -3.11. The summed E-state index contributed by atoms with van der Waals surface area (Å²) >= 11 is 4.93. The molecule has 0 aliphatic heterocycles. The molecule has 0 spiro atoms. The van der Waals surface area contributed by atoms with Gasteiger partial charge in [0, 0.05) is 35.0 Å². The number of nitrogens with one attached hydrogen (secondary N) is 2. The number of aryl methyl sites for hydroxylation is 1. The topological polar surface area (TPSA) is 96.7 Å². The molecule has 0 fully saturated rings. The first-order chi connectivity index (χ1) is 15.2. The summed E-state index contributed by atoms with van der Waals surface area (Å²) in [5.74, 6) is 0.689. The number of hydrogen-bond acceptors (Lipinski definition) is 7. The van der Waals surface area contributed by atoms with E-state index in [4.69, 9.17) is 0 Å². The second-order valence-electron chi connectivity index (χ2n) is 6.47. The third-order valence-corrected chi connectivity index (χ3v) is 5.85. The van der Waals surface area contributed by atoms with E-state index in [1.165, 1.54) is 11.5 Å². The maximum atomic E-state index is 4.64. The predicted molar refractivity (Wildman–Crippen MR) is 127 cm³/mol. The first-order valence-corrected chi connectivity index (χ1v) is 11.4. The maximum Gasteiger partial charge on any atom is 0.180 e. The lowest BCUT2D eigenvalue weighted by molar-refractivity contribution is 1.03. The molecular weight excluding hydrogens is 476 g/mol. The van der Waals surface area contributed by atoms with Crippen LogP contribution in [-0.4, -0.2) is 33.9 Å². The summed E-state index contributed by atoms with van der Waals surface area (Å²) < 4.78 is 7.54. The molecule has 0 radical (unpaired) electrons. The Bertz CT molecular complexity index is 1290. The van der Waals surface area contributed by atoms with Crippen molar-refractivity contribution in [2.24, 2.45) is 0 Å². The lowest BCUT2D eigenvalue weighted by Crippen LogP contribution is -2.00. The summed E-state index contributed by atoms with van der Waals surface area (Å²) in [7, 11) is 0. The van der Waals surface area contributed by atoms with Crippen molar-refractivity contribution in [3.05, 3.63) is 70.7 Å². The standard InChI is InChI=1S/C19H15BrN8S.C2H6/c1-11-10-28-16(12-7-23-24-8-12)9-22-19(28)18(25-11)26-17-6-13(27-29-17)5-15-14(20)3-2-4-21-15;1-2/h2-4,6-10H,5H2,1H3,(H,23,24)(H,25,26);1-2H3. The van der Waals surface area contributed by atoms with Gasteiger partial charge in [-0.25, -0.2) is 9.97 Å². The summed E-state index contributed by atoms with van der Waals surface area (Å²) in [6.07, 6.45) is 9.85. The zero-order chi connectivity index (χ0) is 21.8. The molecule has 8 nitrogen and oxygen atoms in total. The largest absolute Gasteiger partial charge is 0.328 e.